The summed E-state index contributed by atoms with van der Waals surface area (Å²) < 4.78 is 44.9. The minimum Gasteiger partial charge on any atom is -0.497 e. The molecule has 0 saturated carbocycles. The van der Waals surface area contributed by atoms with Gasteiger partial charge in [0.2, 0.25) is 0 Å². The van der Waals surface area contributed by atoms with Gasteiger partial charge in [0.05, 0.1) is 19.2 Å². The van der Waals surface area contributed by atoms with Gasteiger partial charge in [-0.05, 0) is 35.9 Å². The van der Waals surface area contributed by atoms with Gasteiger partial charge in [0.1, 0.15) is 5.75 Å². The lowest BCUT2D eigenvalue weighted by molar-refractivity contribution is -0.137. The van der Waals surface area contributed by atoms with Crippen molar-refractivity contribution in [1.82, 2.24) is 0 Å². The van der Waals surface area contributed by atoms with Crippen molar-refractivity contribution < 1.29 is 22.7 Å². The first-order chi connectivity index (χ1) is 11.4. The van der Waals surface area contributed by atoms with Crippen LogP contribution in [0.3, 0.4) is 0 Å². The maximum absolute atomic E-state index is 13.3. The monoisotopic (exact) mass is 333 g/mol. The van der Waals surface area contributed by atoms with E-state index in [1.807, 2.05) is 0 Å². The summed E-state index contributed by atoms with van der Waals surface area (Å²) in [5.74, 6) is 0.333. The molecule has 0 unspecified atom stereocenters. The fraction of sp³-hybridized carbons (Fsp3) is 0.167. The molecule has 0 aliphatic carbocycles. The average molecular weight is 333 g/mol. The minimum absolute atomic E-state index is 0.0262. The number of hydrogen-bond acceptors (Lipinski definition) is 3. The average Bonchev–Trinajstić information content (AvgIpc) is 2.73. The van der Waals surface area contributed by atoms with Crippen LogP contribution in [0.15, 0.2) is 42.5 Å². The molecule has 3 nitrogen and oxygen atoms in total. The van der Waals surface area contributed by atoms with E-state index in [9.17, 15) is 18.0 Å². The van der Waals surface area contributed by atoms with Crippen molar-refractivity contribution in [3.8, 4) is 5.75 Å². The first kappa shape index (κ1) is 16.1. The van der Waals surface area contributed by atoms with Crippen LogP contribution in [0.1, 0.15) is 16.7 Å². The van der Waals surface area contributed by atoms with Gasteiger partial charge in [-0.1, -0.05) is 18.2 Å². The lowest BCUT2D eigenvalue weighted by atomic mass is 9.97. The van der Waals surface area contributed by atoms with Crippen LogP contribution in [0.4, 0.5) is 18.9 Å². The summed E-state index contributed by atoms with van der Waals surface area (Å²) in [5.41, 5.74) is 0.282. The number of nitrogens with one attached hydrogen (secondary N) is 1. The zero-order valence-corrected chi connectivity index (χ0v) is 12.8. The molecule has 1 N–H and O–H groups in total. The van der Waals surface area contributed by atoms with Gasteiger partial charge in [-0.15, -0.1) is 0 Å². The number of benzene rings is 2. The Morgan fingerprint density at radius 2 is 1.79 bits per heavy atom. The number of carbonyl (C=O) groups is 1. The number of carbonyl (C=O) groups excluding carboxylic acids is 1. The smallest absolute Gasteiger partial charge is 0.417 e. The second-order valence-electron chi connectivity index (χ2n) is 5.33. The number of halogens is 3. The number of rotatable bonds is 2. The molecule has 0 bridgehead atoms. The first-order valence-corrected chi connectivity index (χ1v) is 7.23. The zero-order valence-electron chi connectivity index (χ0n) is 12.8. The maximum atomic E-state index is 13.3. The van der Waals surface area contributed by atoms with Crippen LogP contribution in [-0.2, 0) is 11.0 Å². The van der Waals surface area contributed by atoms with Crippen LogP contribution in [0.2, 0.25) is 0 Å². The van der Waals surface area contributed by atoms with E-state index in [-0.39, 0.29) is 23.5 Å². The van der Waals surface area contributed by atoms with Gasteiger partial charge in [0.25, 0.3) is 0 Å². The molecule has 1 heterocycles. The van der Waals surface area contributed by atoms with Gasteiger partial charge in [-0.3, -0.25) is 4.79 Å². The molecule has 6 heteroatoms. The summed E-state index contributed by atoms with van der Waals surface area (Å²) >= 11 is 0. The molecule has 2 aromatic rings. The van der Waals surface area contributed by atoms with Crippen molar-refractivity contribution in [1.29, 1.82) is 0 Å². The number of hydrogen-bond donors (Lipinski definition) is 1. The SMILES string of the molecule is COc1ccc(C2=Cc3c(cccc3C(F)(F)F)NCC2=O)cc1. The van der Waals surface area contributed by atoms with E-state index in [1.54, 1.807) is 24.3 Å². The van der Waals surface area contributed by atoms with Crippen molar-refractivity contribution >= 4 is 23.1 Å². The summed E-state index contributed by atoms with van der Waals surface area (Å²) in [4.78, 5) is 12.4. The van der Waals surface area contributed by atoms with E-state index in [0.717, 1.165) is 6.07 Å². The Morgan fingerprint density at radius 1 is 1.08 bits per heavy atom. The van der Waals surface area contributed by atoms with E-state index in [1.165, 1.54) is 25.3 Å². The molecule has 0 atom stereocenters. The highest BCUT2D eigenvalue weighted by atomic mass is 19.4. The predicted molar refractivity (Wildman–Crippen MR) is 85.8 cm³/mol. The van der Waals surface area contributed by atoms with Crippen molar-refractivity contribution in [2.24, 2.45) is 0 Å². The highest BCUT2D eigenvalue weighted by molar-refractivity contribution is 6.28. The van der Waals surface area contributed by atoms with Gasteiger partial charge < -0.3 is 10.1 Å². The van der Waals surface area contributed by atoms with Crippen LogP contribution in [0, 0.1) is 0 Å². The molecule has 0 radical (unpaired) electrons. The highest BCUT2D eigenvalue weighted by Crippen LogP contribution is 2.38. The predicted octanol–water partition coefficient (Wildman–Crippen LogP) is 4.25. The fourth-order valence-electron chi connectivity index (χ4n) is 2.63. The second kappa shape index (κ2) is 6.03. The van der Waals surface area contributed by atoms with Crippen LogP contribution < -0.4 is 10.1 Å². The zero-order chi connectivity index (χ0) is 17.3. The molecule has 0 spiro atoms. The van der Waals surface area contributed by atoms with E-state index >= 15 is 0 Å². The van der Waals surface area contributed by atoms with E-state index in [2.05, 4.69) is 5.32 Å². The van der Waals surface area contributed by atoms with Gasteiger partial charge in [0.15, 0.2) is 5.78 Å². The Hall–Kier alpha value is -2.76. The van der Waals surface area contributed by atoms with Crippen molar-refractivity contribution in [2.45, 2.75) is 6.18 Å². The molecular weight excluding hydrogens is 319 g/mol. The quantitative estimate of drug-likeness (QED) is 0.893. The minimum atomic E-state index is -4.50. The largest absolute Gasteiger partial charge is 0.497 e. The van der Waals surface area contributed by atoms with Crippen molar-refractivity contribution in [3.05, 3.63) is 59.2 Å². The van der Waals surface area contributed by atoms with E-state index < -0.39 is 11.7 Å². The Labute approximate surface area is 136 Å². The Bertz CT molecular complexity index is 808. The third kappa shape index (κ3) is 2.99. The Kier molecular flexibility index (Phi) is 4.05. The topological polar surface area (TPSA) is 38.3 Å². The van der Waals surface area contributed by atoms with Crippen LogP contribution in [0.25, 0.3) is 11.6 Å². The molecule has 24 heavy (non-hydrogen) atoms. The molecule has 1 aliphatic rings. The fourth-order valence-corrected chi connectivity index (χ4v) is 2.63. The van der Waals surface area contributed by atoms with Crippen LogP contribution in [-0.4, -0.2) is 19.4 Å². The molecule has 0 aromatic heterocycles. The summed E-state index contributed by atoms with van der Waals surface area (Å²) in [6.45, 7) is -0.0633. The van der Waals surface area contributed by atoms with Gasteiger partial charge in [-0.25, -0.2) is 0 Å². The molecule has 124 valence electrons. The van der Waals surface area contributed by atoms with Crippen molar-refractivity contribution in [2.75, 3.05) is 19.0 Å². The molecule has 1 aliphatic heterocycles. The van der Waals surface area contributed by atoms with E-state index in [0.29, 0.717) is 17.0 Å². The number of alkyl halides is 3. The molecule has 0 fully saturated rings. The lowest BCUT2D eigenvalue weighted by Gasteiger charge is -2.13. The Balaban J connectivity index is 2.16. The van der Waals surface area contributed by atoms with Crippen molar-refractivity contribution in [3.63, 3.8) is 0 Å². The number of ketones is 1. The van der Waals surface area contributed by atoms with E-state index in [4.69, 9.17) is 4.74 Å². The normalized spacial score (nSPS) is 14.3. The third-order valence-corrected chi connectivity index (χ3v) is 3.84. The number of anilines is 1. The van der Waals surface area contributed by atoms with Gasteiger partial charge >= 0.3 is 6.18 Å². The number of Topliss-reactive ketones (excluding diaryl/α,β-unsaturated/α-hetero) is 1. The summed E-state index contributed by atoms with van der Waals surface area (Å²) in [7, 11) is 1.51. The highest BCUT2D eigenvalue weighted by Gasteiger charge is 2.34. The summed E-state index contributed by atoms with van der Waals surface area (Å²) in [6.07, 6.45) is -3.19. The van der Waals surface area contributed by atoms with Crippen LogP contribution in [0.5, 0.6) is 5.75 Å². The standard InChI is InChI=1S/C18H14F3NO2/c1-24-12-7-5-11(6-8-12)13-9-14-15(18(19,20)21)3-2-4-16(14)22-10-17(13)23/h2-9,22H,10H2,1H3. The third-order valence-electron chi connectivity index (χ3n) is 3.84. The molecule has 0 saturated heterocycles. The van der Waals surface area contributed by atoms with Crippen LogP contribution >= 0.6 is 0 Å². The maximum Gasteiger partial charge on any atom is 0.417 e. The Morgan fingerprint density at radius 3 is 2.42 bits per heavy atom. The molecular formula is C18H14F3NO2. The number of methoxy groups -OCH3 is 1. The summed E-state index contributed by atoms with van der Waals surface area (Å²) in [6, 6.07) is 10.5. The molecule has 0 amide bonds. The second-order valence-corrected chi connectivity index (χ2v) is 5.33. The molecule has 2 aromatic carbocycles. The summed E-state index contributed by atoms with van der Waals surface area (Å²) in [5, 5.41) is 2.78. The lowest BCUT2D eigenvalue weighted by Crippen LogP contribution is -2.13. The van der Waals surface area contributed by atoms with Gasteiger partial charge in [-0.2, -0.15) is 13.2 Å². The number of fused-ring (bicyclic) bond motifs is 1. The number of ether oxygens (including phenoxy) is 1. The van der Waals surface area contributed by atoms with Gasteiger partial charge in [0, 0.05) is 16.8 Å². The first-order valence-electron chi connectivity index (χ1n) is 7.23. The molecule has 3 rings (SSSR count).